The van der Waals surface area contributed by atoms with Gasteiger partial charge in [-0.05, 0) is 67.8 Å². The van der Waals surface area contributed by atoms with Crippen LogP contribution in [0.3, 0.4) is 0 Å². The molecule has 0 saturated carbocycles. The standard InChI is InChI=1S/C25H25N3O4/c1-16-7-4-5-10-21(16)25(31)26-20-13-11-19(12-14-20)24(30)28-27-22(29)15-32-23-17(2)8-6-9-18(23)3/h4-14H,15H2,1-3H3,(H,26,31)(H,27,29)(H,28,30). The largest absolute Gasteiger partial charge is 0.483 e. The van der Waals surface area contributed by atoms with Crippen molar-refractivity contribution in [2.45, 2.75) is 20.8 Å². The van der Waals surface area contributed by atoms with Crippen molar-refractivity contribution in [1.82, 2.24) is 10.9 Å². The number of para-hydroxylation sites is 1. The Hall–Kier alpha value is -4.13. The summed E-state index contributed by atoms with van der Waals surface area (Å²) in [5, 5.41) is 2.80. The molecule has 0 aromatic heterocycles. The van der Waals surface area contributed by atoms with Crippen LogP contribution in [-0.4, -0.2) is 24.3 Å². The number of hydrazine groups is 1. The smallest absolute Gasteiger partial charge is 0.276 e. The highest BCUT2D eigenvalue weighted by molar-refractivity contribution is 6.05. The zero-order chi connectivity index (χ0) is 23.1. The normalized spacial score (nSPS) is 10.2. The summed E-state index contributed by atoms with van der Waals surface area (Å²) >= 11 is 0. The van der Waals surface area contributed by atoms with Gasteiger partial charge in [0.05, 0.1) is 0 Å². The number of hydrogen-bond acceptors (Lipinski definition) is 4. The van der Waals surface area contributed by atoms with Gasteiger partial charge in [-0.2, -0.15) is 0 Å². The number of carbonyl (C=O) groups excluding carboxylic acids is 3. The minimum absolute atomic E-state index is 0.226. The van der Waals surface area contributed by atoms with E-state index in [-0.39, 0.29) is 12.5 Å². The SMILES string of the molecule is Cc1ccccc1C(=O)Nc1ccc(C(=O)NNC(=O)COc2c(C)cccc2C)cc1. The quantitative estimate of drug-likeness (QED) is 0.519. The van der Waals surface area contributed by atoms with Gasteiger partial charge in [-0.3, -0.25) is 25.2 Å². The first-order valence-electron chi connectivity index (χ1n) is 10.1. The van der Waals surface area contributed by atoms with Crippen LogP contribution in [0, 0.1) is 20.8 Å². The zero-order valence-corrected chi connectivity index (χ0v) is 18.2. The fourth-order valence-electron chi connectivity index (χ4n) is 3.13. The molecule has 0 saturated heterocycles. The van der Waals surface area contributed by atoms with Gasteiger partial charge in [0.2, 0.25) is 0 Å². The molecular weight excluding hydrogens is 406 g/mol. The number of aryl methyl sites for hydroxylation is 3. The Kier molecular flexibility index (Phi) is 7.23. The topological polar surface area (TPSA) is 96.5 Å². The fourth-order valence-corrected chi connectivity index (χ4v) is 3.13. The van der Waals surface area contributed by atoms with Crippen molar-refractivity contribution in [1.29, 1.82) is 0 Å². The van der Waals surface area contributed by atoms with Crippen LogP contribution in [0.2, 0.25) is 0 Å². The third-order valence-electron chi connectivity index (χ3n) is 4.87. The molecule has 0 aliphatic heterocycles. The Morgan fingerprint density at radius 1 is 0.719 bits per heavy atom. The monoisotopic (exact) mass is 431 g/mol. The fraction of sp³-hybridized carbons (Fsp3) is 0.160. The van der Waals surface area contributed by atoms with Crippen molar-refractivity contribution in [3.63, 3.8) is 0 Å². The molecule has 3 N–H and O–H groups in total. The van der Waals surface area contributed by atoms with E-state index in [2.05, 4.69) is 16.2 Å². The van der Waals surface area contributed by atoms with Crippen LogP contribution in [-0.2, 0) is 4.79 Å². The second-order valence-electron chi connectivity index (χ2n) is 7.36. The Bertz CT molecular complexity index is 1120. The predicted octanol–water partition coefficient (Wildman–Crippen LogP) is 3.70. The van der Waals surface area contributed by atoms with E-state index in [4.69, 9.17) is 4.74 Å². The third-order valence-corrected chi connectivity index (χ3v) is 4.87. The molecule has 0 aliphatic carbocycles. The lowest BCUT2D eigenvalue weighted by atomic mass is 10.1. The van der Waals surface area contributed by atoms with Crippen LogP contribution in [0.4, 0.5) is 5.69 Å². The Balaban J connectivity index is 1.49. The molecule has 3 aromatic carbocycles. The van der Waals surface area contributed by atoms with Gasteiger partial charge < -0.3 is 10.1 Å². The minimum Gasteiger partial charge on any atom is -0.483 e. The Labute approximate surface area is 186 Å². The molecule has 0 spiro atoms. The number of anilines is 1. The van der Waals surface area contributed by atoms with Gasteiger partial charge >= 0.3 is 0 Å². The first-order chi connectivity index (χ1) is 15.3. The number of hydrogen-bond donors (Lipinski definition) is 3. The maximum atomic E-state index is 12.4. The molecule has 0 aliphatic rings. The van der Waals surface area contributed by atoms with E-state index in [0.717, 1.165) is 16.7 Å². The predicted molar refractivity (Wildman–Crippen MR) is 123 cm³/mol. The molecule has 164 valence electrons. The average Bonchev–Trinajstić information content (AvgIpc) is 2.78. The van der Waals surface area contributed by atoms with Gasteiger partial charge in [-0.15, -0.1) is 0 Å². The summed E-state index contributed by atoms with van der Waals surface area (Å²) in [6.45, 7) is 5.43. The number of amides is 3. The van der Waals surface area contributed by atoms with Crippen molar-refractivity contribution in [2.24, 2.45) is 0 Å². The summed E-state index contributed by atoms with van der Waals surface area (Å²) in [7, 11) is 0. The van der Waals surface area contributed by atoms with Gasteiger partial charge in [-0.1, -0.05) is 36.4 Å². The molecule has 7 heteroatoms. The molecule has 0 atom stereocenters. The van der Waals surface area contributed by atoms with Crippen molar-refractivity contribution in [3.05, 3.63) is 94.5 Å². The van der Waals surface area contributed by atoms with E-state index in [1.165, 1.54) is 0 Å². The second-order valence-corrected chi connectivity index (χ2v) is 7.36. The number of rotatable bonds is 6. The molecule has 32 heavy (non-hydrogen) atoms. The first kappa shape index (κ1) is 22.6. The van der Waals surface area contributed by atoms with Crippen LogP contribution < -0.4 is 20.9 Å². The highest BCUT2D eigenvalue weighted by Crippen LogP contribution is 2.22. The zero-order valence-electron chi connectivity index (χ0n) is 18.2. The first-order valence-corrected chi connectivity index (χ1v) is 10.1. The molecule has 0 unspecified atom stereocenters. The van der Waals surface area contributed by atoms with Crippen molar-refractivity contribution in [2.75, 3.05) is 11.9 Å². The van der Waals surface area contributed by atoms with Crippen LogP contribution in [0.1, 0.15) is 37.4 Å². The molecule has 7 nitrogen and oxygen atoms in total. The second kappa shape index (κ2) is 10.3. The maximum Gasteiger partial charge on any atom is 0.276 e. The number of ether oxygens (including phenoxy) is 1. The summed E-state index contributed by atoms with van der Waals surface area (Å²) < 4.78 is 5.56. The van der Waals surface area contributed by atoms with Gasteiger partial charge in [0.1, 0.15) is 5.75 Å². The van der Waals surface area contributed by atoms with E-state index >= 15 is 0 Å². The van der Waals surface area contributed by atoms with Gasteiger partial charge in [0.15, 0.2) is 6.61 Å². The van der Waals surface area contributed by atoms with Crippen molar-refractivity contribution in [3.8, 4) is 5.75 Å². The van der Waals surface area contributed by atoms with Crippen molar-refractivity contribution >= 4 is 23.4 Å². The number of nitrogens with one attached hydrogen (secondary N) is 3. The molecule has 3 aromatic rings. The van der Waals surface area contributed by atoms with E-state index in [1.54, 1.807) is 36.4 Å². The van der Waals surface area contributed by atoms with Crippen LogP contribution in [0.25, 0.3) is 0 Å². The summed E-state index contributed by atoms with van der Waals surface area (Å²) in [6.07, 6.45) is 0. The van der Waals surface area contributed by atoms with Crippen LogP contribution in [0.5, 0.6) is 5.75 Å². The molecule has 0 heterocycles. The summed E-state index contributed by atoms with van der Waals surface area (Å²) in [5.74, 6) is -0.543. The Morgan fingerprint density at radius 3 is 2.00 bits per heavy atom. The molecule has 0 fully saturated rings. The highest BCUT2D eigenvalue weighted by Gasteiger charge is 2.11. The molecule has 0 radical (unpaired) electrons. The van der Waals surface area contributed by atoms with Gasteiger partial charge in [-0.25, -0.2) is 0 Å². The van der Waals surface area contributed by atoms with E-state index in [1.807, 2.05) is 51.1 Å². The van der Waals surface area contributed by atoms with Crippen LogP contribution >= 0.6 is 0 Å². The van der Waals surface area contributed by atoms with E-state index in [9.17, 15) is 14.4 Å². The lowest BCUT2D eigenvalue weighted by Crippen LogP contribution is -2.43. The minimum atomic E-state index is -0.484. The summed E-state index contributed by atoms with van der Waals surface area (Å²) in [6, 6.07) is 19.4. The van der Waals surface area contributed by atoms with Gasteiger partial charge in [0.25, 0.3) is 17.7 Å². The number of carbonyl (C=O) groups is 3. The lowest BCUT2D eigenvalue weighted by molar-refractivity contribution is -0.123. The third kappa shape index (κ3) is 5.72. The molecular formula is C25H25N3O4. The molecule has 0 bridgehead atoms. The number of benzene rings is 3. The summed E-state index contributed by atoms with van der Waals surface area (Å²) in [4.78, 5) is 36.7. The average molecular weight is 431 g/mol. The van der Waals surface area contributed by atoms with Crippen LogP contribution in [0.15, 0.2) is 66.7 Å². The lowest BCUT2D eigenvalue weighted by Gasteiger charge is -2.12. The highest BCUT2D eigenvalue weighted by atomic mass is 16.5. The molecule has 3 amide bonds. The van der Waals surface area contributed by atoms with E-state index < -0.39 is 11.8 Å². The van der Waals surface area contributed by atoms with E-state index in [0.29, 0.717) is 22.6 Å². The van der Waals surface area contributed by atoms with Crippen molar-refractivity contribution < 1.29 is 19.1 Å². The molecule has 3 rings (SSSR count). The maximum absolute atomic E-state index is 12.4. The summed E-state index contributed by atoms with van der Waals surface area (Å²) in [5.41, 5.74) is 8.88. The van der Waals surface area contributed by atoms with Gasteiger partial charge in [0, 0.05) is 16.8 Å². The Morgan fingerprint density at radius 2 is 1.34 bits per heavy atom.